The Morgan fingerprint density at radius 1 is 1.44 bits per heavy atom. The lowest BCUT2D eigenvalue weighted by Gasteiger charge is -2.14. The van der Waals surface area contributed by atoms with Gasteiger partial charge in [0.1, 0.15) is 11.9 Å². The summed E-state index contributed by atoms with van der Waals surface area (Å²) in [4.78, 5) is 11.4. The Kier molecular flexibility index (Phi) is 4.20. The number of rotatable bonds is 4. The molecule has 1 aliphatic carbocycles. The molecule has 2 rings (SSSR count). The lowest BCUT2D eigenvalue weighted by Crippen LogP contribution is -2.24. The summed E-state index contributed by atoms with van der Waals surface area (Å²) in [6.45, 7) is 1.44. The van der Waals surface area contributed by atoms with Crippen molar-refractivity contribution < 1.29 is 14.6 Å². The maximum Gasteiger partial charge on any atom is 0.252 e. The Balaban J connectivity index is 1.98. The minimum atomic E-state index is -1.01. The first-order chi connectivity index (χ1) is 8.65. The molecule has 0 heterocycles. The van der Waals surface area contributed by atoms with Gasteiger partial charge in [0.2, 0.25) is 0 Å². The first kappa shape index (κ1) is 12.9. The topological polar surface area (TPSA) is 58.6 Å². The summed E-state index contributed by atoms with van der Waals surface area (Å²) < 4.78 is 5.84. The van der Waals surface area contributed by atoms with Crippen LogP contribution in [0, 0.1) is 0 Å². The summed E-state index contributed by atoms with van der Waals surface area (Å²) in [5, 5.41) is 11.8. The van der Waals surface area contributed by atoms with Crippen molar-refractivity contribution in [3.63, 3.8) is 0 Å². The third kappa shape index (κ3) is 3.47. The fourth-order valence-electron chi connectivity index (χ4n) is 2.09. The first-order valence-corrected chi connectivity index (χ1v) is 6.41. The van der Waals surface area contributed by atoms with E-state index in [0.29, 0.717) is 11.8 Å². The van der Waals surface area contributed by atoms with Gasteiger partial charge in [-0.2, -0.15) is 0 Å². The van der Waals surface area contributed by atoms with Gasteiger partial charge in [-0.05, 0) is 44.7 Å². The first-order valence-electron chi connectivity index (χ1n) is 6.41. The second-order valence-corrected chi connectivity index (χ2v) is 4.72. The Morgan fingerprint density at radius 3 is 2.83 bits per heavy atom. The SMILES string of the molecule is CC(O)C(=O)Nc1cccc(OC2CCCC2)c1. The molecule has 1 aromatic rings. The molecule has 0 aromatic heterocycles. The molecule has 0 aliphatic heterocycles. The van der Waals surface area contributed by atoms with Crippen LogP contribution in [0.4, 0.5) is 5.69 Å². The van der Waals surface area contributed by atoms with Crippen LogP contribution in [0.3, 0.4) is 0 Å². The van der Waals surface area contributed by atoms with Crippen molar-refractivity contribution in [1.29, 1.82) is 0 Å². The van der Waals surface area contributed by atoms with Gasteiger partial charge < -0.3 is 15.2 Å². The number of aliphatic hydroxyl groups excluding tert-OH is 1. The average molecular weight is 249 g/mol. The summed E-state index contributed by atoms with van der Waals surface area (Å²) in [5.74, 6) is 0.360. The monoisotopic (exact) mass is 249 g/mol. The maximum absolute atomic E-state index is 11.4. The Bertz CT molecular complexity index is 411. The number of aliphatic hydroxyl groups is 1. The van der Waals surface area contributed by atoms with Gasteiger partial charge >= 0.3 is 0 Å². The second kappa shape index (κ2) is 5.87. The van der Waals surface area contributed by atoms with Crippen LogP contribution >= 0.6 is 0 Å². The van der Waals surface area contributed by atoms with Gasteiger partial charge in [-0.3, -0.25) is 4.79 Å². The van der Waals surface area contributed by atoms with Crippen molar-refractivity contribution in [2.24, 2.45) is 0 Å². The van der Waals surface area contributed by atoms with Crippen LogP contribution in [-0.4, -0.2) is 23.2 Å². The number of amides is 1. The van der Waals surface area contributed by atoms with Gasteiger partial charge in [0.25, 0.3) is 5.91 Å². The van der Waals surface area contributed by atoms with E-state index in [1.165, 1.54) is 19.8 Å². The molecule has 0 spiro atoms. The molecule has 1 amide bonds. The molecule has 98 valence electrons. The van der Waals surface area contributed by atoms with Crippen LogP contribution in [0.25, 0.3) is 0 Å². The van der Waals surface area contributed by atoms with Crippen molar-refractivity contribution in [2.45, 2.75) is 44.8 Å². The van der Waals surface area contributed by atoms with E-state index >= 15 is 0 Å². The quantitative estimate of drug-likeness (QED) is 0.861. The van der Waals surface area contributed by atoms with E-state index in [1.54, 1.807) is 12.1 Å². The molecule has 4 heteroatoms. The van der Waals surface area contributed by atoms with Crippen LogP contribution in [0.1, 0.15) is 32.6 Å². The van der Waals surface area contributed by atoms with Crippen LogP contribution in [0.15, 0.2) is 24.3 Å². The molecule has 1 fully saturated rings. The highest BCUT2D eigenvalue weighted by Gasteiger charge is 2.16. The number of anilines is 1. The Labute approximate surface area is 107 Å². The highest BCUT2D eigenvalue weighted by atomic mass is 16.5. The van der Waals surface area contributed by atoms with Crippen LogP contribution in [0.2, 0.25) is 0 Å². The van der Waals surface area contributed by atoms with Crippen LogP contribution < -0.4 is 10.1 Å². The van der Waals surface area contributed by atoms with Gasteiger partial charge in [0.15, 0.2) is 0 Å². The molecule has 0 bridgehead atoms. The molecule has 1 aromatic carbocycles. The van der Waals surface area contributed by atoms with Crippen LogP contribution in [0.5, 0.6) is 5.75 Å². The largest absolute Gasteiger partial charge is 0.490 e. The number of carbonyl (C=O) groups excluding carboxylic acids is 1. The average Bonchev–Trinajstić information content (AvgIpc) is 2.82. The minimum absolute atomic E-state index is 0.299. The van der Waals surface area contributed by atoms with E-state index < -0.39 is 12.0 Å². The zero-order valence-corrected chi connectivity index (χ0v) is 10.6. The molecule has 1 aliphatic rings. The zero-order chi connectivity index (χ0) is 13.0. The van der Waals surface area contributed by atoms with Gasteiger partial charge in [-0.15, -0.1) is 0 Å². The molecule has 1 unspecified atom stereocenters. The third-order valence-corrected chi connectivity index (χ3v) is 3.09. The molecule has 18 heavy (non-hydrogen) atoms. The Hall–Kier alpha value is -1.55. The molecule has 1 saturated carbocycles. The number of hydrogen-bond donors (Lipinski definition) is 2. The fraction of sp³-hybridized carbons (Fsp3) is 0.500. The van der Waals surface area contributed by atoms with Gasteiger partial charge in [0, 0.05) is 11.8 Å². The van der Waals surface area contributed by atoms with Crippen molar-refractivity contribution in [1.82, 2.24) is 0 Å². The number of benzene rings is 1. The van der Waals surface area contributed by atoms with Crippen molar-refractivity contribution in [3.8, 4) is 5.75 Å². The summed E-state index contributed by atoms with van der Waals surface area (Å²) in [7, 11) is 0. The highest BCUT2D eigenvalue weighted by Crippen LogP contribution is 2.25. The predicted molar refractivity (Wildman–Crippen MR) is 69.6 cm³/mol. The standard InChI is InChI=1S/C14H19NO3/c1-10(16)14(17)15-11-5-4-8-13(9-11)18-12-6-2-3-7-12/h4-5,8-10,12,16H,2-3,6-7H2,1H3,(H,15,17). The summed E-state index contributed by atoms with van der Waals surface area (Å²) in [6, 6.07) is 7.29. The van der Waals surface area contributed by atoms with Gasteiger partial charge in [-0.1, -0.05) is 6.07 Å². The van der Waals surface area contributed by atoms with E-state index in [1.807, 2.05) is 12.1 Å². The molecule has 2 N–H and O–H groups in total. The molecular weight excluding hydrogens is 230 g/mol. The molecule has 4 nitrogen and oxygen atoms in total. The van der Waals surface area contributed by atoms with E-state index in [0.717, 1.165) is 18.6 Å². The van der Waals surface area contributed by atoms with Gasteiger partial charge in [0.05, 0.1) is 6.10 Å². The fourth-order valence-corrected chi connectivity index (χ4v) is 2.09. The molecular formula is C14H19NO3. The minimum Gasteiger partial charge on any atom is -0.490 e. The lowest BCUT2D eigenvalue weighted by molar-refractivity contribution is -0.123. The lowest BCUT2D eigenvalue weighted by atomic mass is 10.2. The number of carbonyl (C=O) groups is 1. The highest BCUT2D eigenvalue weighted by molar-refractivity contribution is 5.93. The summed E-state index contributed by atoms with van der Waals surface area (Å²) in [6.07, 6.45) is 3.94. The van der Waals surface area contributed by atoms with E-state index in [2.05, 4.69) is 5.32 Å². The number of nitrogens with one attached hydrogen (secondary N) is 1. The number of ether oxygens (including phenoxy) is 1. The molecule has 1 atom stereocenters. The molecule has 0 radical (unpaired) electrons. The van der Waals surface area contributed by atoms with E-state index in [4.69, 9.17) is 9.84 Å². The van der Waals surface area contributed by atoms with Gasteiger partial charge in [-0.25, -0.2) is 0 Å². The zero-order valence-electron chi connectivity index (χ0n) is 10.6. The van der Waals surface area contributed by atoms with E-state index in [-0.39, 0.29) is 0 Å². The van der Waals surface area contributed by atoms with Crippen molar-refractivity contribution >= 4 is 11.6 Å². The summed E-state index contributed by atoms with van der Waals surface area (Å²) >= 11 is 0. The van der Waals surface area contributed by atoms with Crippen LogP contribution in [-0.2, 0) is 4.79 Å². The number of hydrogen-bond acceptors (Lipinski definition) is 3. The van der Waals surface area contributed by atoms with Crippen molar-refractivity contribution in [2.75, 3.05) is 5.32 Å². The maximum atomic E-state index is 11.4. The predicted octanol–water partition coefficient (Wildman–Crippen LogP) is 2.33. The molecule has 0 saturated heterocycles. The Morgan fingerprint density at radius 2 is 2.17 bits per heavy atom. The smallest absolute Gasteiger partial charge is 0.252 e. The summed E-state index contributed by atoms with van der Waals surface area (Å²) in [5.41, 5.74) is 0.649. The second-order valence-electron chi connectivity index (χ2n) is 4.72. The third-order valence-electron chi connectivity index (χ3n) is 3.09. The van der Waals surface area contributed by atoms with E-state index in [9.17, 15) is 4.79 Å². The van der Waals surface area contributed by atoms with Crippen molar-refractivity contribution in [3.05, 3.63) is 24.3 Å². The normalized spacial score (nSPS) is 17.4.